The van der Waals surface area contributed by atoms with Gasteiger partial charge in [-0.25, -0.2) is 4.68 Å². The van der Waals surface area contributed by atoms with Gasteiger partial charge in [0, 0.05) is 52.2 Å². The Bertz CT molecular complexity index is 591. The van der Waals surface area contributed by atoms with E-state index in [2.05, 4.69) is 32.2 Å². The standard InChI is InChI=1S/C16H27N7O/c1-12-9-20(11-16-17-18-19-23(16)14-3-4-14)10-15(12)22-7-5-21(6-8-22)13(2)24/h12,14-15H,3-11H2,1-2H3/t12-,15+/m0/s1. The number of carbonyl (C=O) groups is 1. The fourth-order valence-corrected chi connectivity index (χ4v) is 4.14. The van der Waals surface area contributed by atoms with Gasteiger partial charge in [0.05, 0.1) is 12.6 Å². The summed E-state index contributed by atoms with van der Waals surface area (Å²) >= 11 is 0. The second-order valence-electron chi connectivity index (χ2n) is 7.55. The zero-order valence-corrected chi connectivity index (χ0v) is 14.6. The maximum atomic E-state index is 11.5. The third-order valence-electron chi connectivity index (χ3n) is 5.70. The Morgan fingerprint density at radius 2 is 1.92 bits per heavy atom. The van der Waals surface area contributed by atoms with Crippen LogP contribution in [0.15, 0.2) is 0 Å². The molecule has 1 aromatic rings. The lowest BCUT2D eigenvalue weighted by molar-refractivity contribution is -0.130. The van der Waals surface area contributed by atoms with Crippen LogP contribution in [0.2, 0.25) is 0 Å². The van der Waals surface area contributed by atoms with Crippen molar-refractivity contribution in [3.63, 3.8) is 0 Å². The Morgan fingerprint density at radius 1 is 1.17 bits per heavy atom. The minimum absolute atomic E-state index is 0.197. The van der Waals surface area contributed by atoms with E-state index in [1.165, 1.54) is 12.8 Å². The number of piperazine rings is 1. The van der Waals surface area contributed by atoms with Crippen molar-refractivity contribution in [2.24, 2.45) is 5.92 Å². The number of hydrogen-bond acceptors (Lipinski definition) is 6. The highest BCUT2D eigenvalue weighted by Crippen LogP contribution is 2.35. The van der Waals surface area contributed by atoms with Crippen molar-refractivity contribution < 1.29 is 4.79 Å². The van der Waals surface area contributed by atoms with Gasteiger partial charge in [-0.15, -0.1) is 5.10 Å². The fraction of sp³-hybridized carbons (Fsp3) is 0.875. The number of amides is 1. The van der Waals surface area contributed by atoms with E-state index in [4.69, 9.17) is 0 Å². The van der Waals surface area contributed by atoms with Crippen molar-refractivity contribution in [2.75, 3.05) is 39.3 Å². The molecule has 1 aromatic heterocycles. The maximum Gasteiger partial charge on any atom is 0.219 e. The molecular formula is C16H27N7O. The van der Waals surface area contributed by atoms with E-state index >= 15 is 0 Å². The monoisotopic (exact) mass is 333 g/mol. The average molecular weight is 333 g/mol. The summed E-state index contributed by atoms with van der Waals surface area (Å²) < 4.78 is 2.02. The van der Waals surface area contributed by atoms with E-state index in [1.807, 2.05) is 9.58 Å². The van der Waals surface area contributed by atoms with Crippen LogP contribution in [0.5, 0.6) is 0 Å². The smallest absolute Gasteiger partial charge is 0.219 e. The molecule has 2 saturated heterocycles. The van der Waals surface area contributed by atoms with Crippen molar-refractivity contribution in [3.05, 3.63) is 5.82 Å². The summed E-state index contributed by atoms with van der Waals surface area (Å²) in [6, 6.07) is 1.11. The van der Waals surface area contributed by atoms with Crippen LogP contribution in [0.25, 0.3) is 0 Å². The number of rotatable bonds is 4. The van der Waals surface area contributed by atoms with Crippen molar-refractivity contribution in [2.45, 2.75) is 45.3 Å². The molecule has 3 heterocycles. The minimum Gasteiger partial charge on any atom is -0.340 e. The predicted octanol–water partition coefficient (Wildman–Crippen LogP) is -0.00760. The van der Waals surface area contributed by atoms with Crippen LogP contribution in [-0.4, -0.2) is 86.1 Å². The number of tetrazole rings is 1. The molecular weight excluding hydrogens is 306 g/mol. The highest BCUT2D eigenvalue weighted by molar-refractivity contribution is 5.73. The molecule has 1 aliphatic carbocycles. The Morgan fingerprint density at radius 3 is 2.58 bits per heavy atom. The predicted molar refractivity (Wildman–Crippen MR) is 88.1 cm³/mol. The molecule has 0 aromatic carbocycles. The van der Waals surface area contributed by atoms with E-state index < -0.39 is 0 Å². The van der Waals surface area contributed by atoms with Crippen LogP contribution in [-0.2, 0) is 11.3 Å². The molecule has 0 unspecified atom stereocenters. The molecule has 1 saturated carbocycles. The van der Waals surface area contributed by atoms with Crippen LogP contribution in [0.1, 0.15) is 38.6 Å². The molecule has 8 heteroatoms. The van der Waals surface area contributed by atoms with Crippen LogP contribution in [0, 0.1) is 5.92 Å². The molecule has 0 bridgehead atoms. The molecule has 24 heavy (non-hydrogen) atoms. The minimum atomic E-state index is 0.197. The number of hydrogen-bond donors (Lipinski definition) is 0. The van der Waals surface area contributed by atoms with Gasteiger partial charge in [0.1, 0.15) is 0 Å². The second kappa shape index (κ2) is 6.40. The molecule has 132 valence electrons. The van der Waals surface area contributed by atoms with E-state index in [0.717, 1.165) is 51.6 Å². The molecule has 3 aliphatic rings. The van der Waals surface area contributed by atoms with Crippen LogP contribution >= 0.6 is 0 Å². The molecule has 2 aliphatic heterocycles. The summed E-state index contributed by atoms with van der Waals surface area (Å²) in [6.07, 6.45) is 2.41. The van der Waals surface area contributed by atoms with Crippen molar-refractivity contribution in [1.29, 1.82) is 0 Å². The van der Waals surface area contributed by atoms with Crippen LogP contribution < -0.4 is 0 Å². The SMILES string of the molecule is CC(=O)N1CCN([C@@H]2CN(Cc3nnnn3C3CC3)C[C@@H]2C)CC1. The lowest BCUT2D eigenvalue weighted by Gasteiger charge is -2.39. The highest BCUT2D eigenvalue weighted by atomic mass is 16.2. The topological polar surface area (TPSA) is 70.4 Å². The quantitative estimate of drug-likeness (QED) is 0.772. The van der Waals surface area contributed by atoms with Crippen LogP contribution in [0.4, 0.5) is 0 Å². The van der Waals surface area contributed by atoms with E-state index in [-0.39, 0.29) is 5.91 Å². The fourth-order valence-electron chi connectivity index (χ4n) is 4.14. The van der Waals surface area contributed by atoms with Gasteiger partial charge < -0.3 is 4.90 Å². The third kappa shape index (κ3) is 3.17. The van der Waals surface area contributed by atoms with Gasteiger partial charge in [-0.2, -0.15) is 0 Å². The Balaban J connectivity index is 1.34. The first-order valence-corrected chi connectivity index (χ1v) is 9.10. The number of carbonyl (C=O) groups excluding carboxylic acids is 1. The molecule has 8 nitrogen and oxygen atoms in total. The first kappa shape index (κ1) is 16.0. The van der Waals surface area contributed by atoms with E-state index in [9.17, 15) is 4.79 Å². The normalized spacial score (nSPS) is 29.3. The van der Waals surface area contributed by atoms with Crippen molar-refractivity contribution in [3.8, 4) is 0 Å². The first-order valence-electron chi connectivity index (χ1n) is 9.10. The third-order valence-corrected chi connectivity index (χ3v) is 5.70. The summed E-state index contributed by atoms with van der Waals surface area (Å²) in [7, 11) is 0. The number of likely N-dealkylation sites (tertiary alicyclic amines) is 1. The Labute approximate surface area is 142 Å². The van der Waals surface area contributed by atoms with Gasteiger partial charge in [-0.05, 0) is 29.2 Å². The number of aromatic nitrogens is 4. The lowest BCUT2D eigenvalue weighted by Crippen LogP contribution is -2.53. The molecule has 1 amide bonds. The summed E-state index contributed by atoms with van der Waals surface area (Å²) in [6.45, 7) is 10.7. The summed E-state index contributed by atoms with van der Waals surface area (Å²) in [5, 5.41) is 12.3. The molecule has 0 radical (unpaired) electrons. The second-order valence-corrected chi connectivity index (χ2v) is 7.55. The van der Waals surface area contributed by atoms with Gasteiger partial charge >= 0.3 is 0 Å². The average Bonchev–Trinajstić information content (AvgIpc) is 3.20. The lowest BCUT2D eigenvalue weighted by atomic mass is 10.0. The maximum absolute atomic E-state index is 11.5. The number of nitrogens with zero attached hydrogens (tertiary/aromatic N) is 7. The van der Waals surface area contributed by atoms with Gasteiger partial charge in [-0.3, -0.25) is 14.6 Å². The molecule has 4 rings (SSSR count). The van der Waals surface area contributed by atoms with Gasteiger partial charge in [0.2, 0.25) is 5.91 Å². The van der Waals surface area contributed by atoms with Crippen molar-refractivity contribution in [1.82, 2.24) is 34.9 Å². The van der Waals surface area contributed by atoms with Gasteiger partial charge in [0.15, 0.2) is 5.82 Å². The Hall–Kier alpha value is -1.54. The van der Waals surface area contributed by atoms with E-state index in [0.29, 0.717) is 18.0 Å². The zero-order valence-electron chi connectivity index (χ0n) is 14.6. The summed E-state index contributed by atoms with van der Waals surface area (Å²) in [4.78, 5) is 18.5. The van der Waals surface area contributed by atoms with E-state index in [1.54, 1.807) is 6.92 Å². The first-order chi connectivity index (χ1) is 11.6. The summed E-state index contributed by atoms with van der Waals surface area (Å²) in [5.74, 6) is 1.84. The van der Waals surface area contributed by atoms with Crippen LogP contribution in [0.3, 0.4) is 0 Å². The van der Waals surface area contributed by atoms with Crippen molar-refractivity contribution >= 4 is 5.91 Å². The zero-order chi connectivity index (χ0) is 16.7. The molecule has 0 N–H and O–H groups in total. The molecule has 2 atom stereocenters. The molecule has 3 fully saturated rings. The highest BCUT2D eigenvalue weighted by Gasteiger charge is 2.36. The molecule has 0 spiro atoms. The van der Waals surface area contributed by atoms with Gasteiger partial charge in [-0.1, -0.05) is 6.92 Å². The summed E-state index contributed by atoms with van der Waals surface area (Å²) in [5.41, 5.74) is 0. The van der Waals surface area contributed by atoms with Gasteiger partial charge in [0.25, 0.3) is 0 Å². The Kier molecular flexibility index (Phi) is 4.26. The largest absolute Gasteiger partial charge is 0.340 e.